The second-order valence-electron chi connectivity index (χ2n) is 6.38. The minimum atomic E-state index is -3.62. The zero-order chi connectivity index (χ0) is 18.0. The fourth-order valence-electron chi connectivity index (χ4n) is 2.30. The van der Waals surface area contributed by atoms with Gasteiger partial charge in [-0.25, -0.2) is 8.42 Å². The summed E-state index contributed by atoms with van der Waals surface area (Å²) in [7, 11) is -3.62. The molecule has 0 aliphatic heterocycles. The highest BCUT2D eigenvalue weighted by molar-refractivity contribution is 7.91. The van der Waals surface area contributed by atoms with Crippen LogP contribution in [0.1, 0.15) is 26.3 Å². The number of hydrogen-bond acceptors (Lipinski definition) is 5. The largest absolute Gasteiger partial charge is 0.427 e. The van der Waals surface area contributed by atoms with Crippen LogP contribution >= 0.6 is 0 Å². The van der Waals surface area contributed by atoms with Crippen LogP contribution in [0.3, 0.4) is 0 Å². The zero-order valence-corrected chi connectivity index (χ0v) is 14.8. The summed E-state index contributed by atoms with van der Waals surface area (Å²) in [5, 5.41) is 0. The van der Waals surface area contributed by atoms with Crippen LogP contribution in [0.25, 0.3) is 0 Å². The molecular formula is C18H21NO4S. The summed E-state index contributed by atoms with van der Waals surface area (Å²) in [6.07, 6.45) is 0.657. The number of nitrogens with two attached hydrogens (primary N) is 1. The first-order valence-corrected chi connectivity index (χ1v) is 8.98. The lowest BCUT2D eigenvalue weighted by atomic mass is 9.96. The third kappa shape index (κ3) is 4.66. The lowest BCUT2D eigenvalue weighted by molar-refractivity contribution is -0.131. The summed E-state index contributed by atoms with van der Waals surface area (Å²) in [6.45, 7) is 5.12. The van der Waals surface area contributed by atoms with Gasteiger partial charge < -0.3 is 10.5 Å². The van der Waals surface area contributed by atoms with Gasteiger partial charge in [0, 0.05) is 12.5 Å². The SMILES string of the molecule is CC(=O)Oc1ccc(S(=O)(=O)c2ccc(CC(C)(C)N)cc2)cc1. The Balaban J connectivity index is 2.25. The van der Waals surface area contributed by atoms with E-state index in [9.17, 15) is 13.2 Å². The van der Waals surface area contributed by atoms with Gasteiger partial charge in [0.25, 0.3) is 0 Å². The van der Waals surface area contributed by atoms with Crippen LogP contribution in [0.2, 0.25) is 0 Å². The molecule has 0 atom stereocenters. The van der Waals surface area contributed by atoms with Crippen molar-refractivity contribution < 1.29 is 17.9 Å². The predicted octanol–water partition coefficient (Wildman–Crippen LogP) is 2.72. The van der Waals surface area contributed by atoms with E-state index in [2.05, 4.69) is 0 Å². The topological polar surface area (TPSA) is 86.5 Å². The van der Waals surface area contributed by atoms with E-state index in [1.807, 2.05) is 13.8 Å². The van der Waals surface area contributed by atoms with Gasteiger partial charge in [0.05, 0.1) is 9.79 Å². The molecule has 0 saturated carbocycles. The summed E-state index contributed by atoms with van der Waals surface area (Å²) in [4.78, 5) is 11.3. The Hall–Kier alpha value is -2.18. The number of benzene rings is 2. The molecule has 0 radical (unpaired) electrons. The van der Waals surface area contributed by atoms with Crippen LogP contribution in [0.5, 0.6) is 5.75 Å². The number of ether oxygens (including phenoxy) is 1. The molecule has 0 bridgehead atoms. The molecule has 0 unspecified atom stereocenters. The van der Waals surface area contributed by atoms with Crippen LogP contribution in [-0.4, -0.2) is 19.9 Å². The molecule has 5 nitrogen and oxygen atoms in total. The van der Waals surface area contributed by atoms with Gasteiger partial charge in [-0.15, -0.1) is 0 Å². The Kier molecular flexibility index (Phi) is 5.11. The van der Waals surface area contributed by atoms with Crippen molar-refractivity contribution in [2.45, 2.75) is 42.5 Å². The van der Waals surface area contributed by atoms with Gasteiger partial charge in [-0.05, 0) is 62.2 Å². The van der Waals surface area contributed by atoms with E-state index >= 15 is 0 Å². The van der Waals surface area contributed by atoms with Crippen LogP contribution in [0, 0.1) is 0 Å². The van der Waals surface area contributed by atoms with E-state index in [-0.39, 0.29) is 15.3 Å². The molecule has 2 aromatic rings. The normalized spacial score (nSPS) is 12.0. The highest BCUT2D eigenvalue weighted by Crippen LogP contribution is 2.24. The molecule has 0 heterocycles. The van der Waals surface area contributed by atoms with E-state index in [1.54, 1.807) is 24.3 Å². The molecule has 0 saturated heterocycles. The average molecular weight is 347 g/mol. The number of sulfone groups is 1. The summed E-state index contributed by atoms with van der Waals surface area (Å²) in [6, 6.07) is 12.5. The molecular weight excluding hydrogens is 326 g/mol. The van der Waals surface area contributed by atoms with E-state index in [0.29, 0.717) is 12.2 Å². The van der Waals surface area contributed by atoms with Gasteiger partial charge >= 0.3 is 5.97 Å². The Morgan fingerprint density at radius 3 is 1.88 bits per heavy atom. The second-order valence-corrected chi connectivity index (χ2v) is 8.33. The Morgan fingerprint density at radius 2 is 1.46 bits per heavy atom. The summed E-state index contributed by atoms with van der Waals surface area (Å²) in [5.74, 6) is -0.147. The molecule has 128 valence electrons. The van der Waals surface area contributed by atoms with Crippen LogP contribution in [0.15, 0.2) is 58.3 Å². The van der Waals surface area contributed by atoms with Gasteiger partial charge in [-0.2, -0.15) is 0 Å². The average Bonchev–Trinajstić information content (AvgIpc) is 2.46. The summed E-state index contributed by atoms with van der Waals surface area (Å²) < 4.78 is 30.2. The van der Waals surface area contributed by atoms with Crippen molar-refractivity contribution in [3.63, 3.8) is 0 Å². The van der Waals surface area contributed by atoms with Gasteiger partial charge in [0.1, 0.15) is 5.75 Å². The van der Waals surface area contributed by atoms with Gasteiger partial charge in [0.15, 0.2) is 0 Å². The van der Waals surface area contributed by atoms with E-state index in [4.69, 9.17) is 10.5 Å². The van der Waals surface area contributed by atoms with E-state index in [0.717, 1.165) is 5.56 Å². The fraction of sp³-hybridized carbons (Fsp3) is 0.278. The first-order valence-electron chi connectivity index (χ1n) is 7.49. The number of esters is 1. The summed E-state index contributed by atoms with van der Waals surface area (Å²) >= 11 is 0. The maximum atomic E-state index is 12.6. The quantitative estimate of drug-likeness (QED) is 0.664. The van der Waals surface area contributed by atoms with Crippen molar-refractivity contribution in [1.29, 1.82) is 0 Å². The highest BCUT2D eigenvalue weighted by atomic mass is 32.2. The van der Waals surface area contributed by atoms with Crippen LogP contribution in [-0.2, 0) is 21.1 Å². The standard InChI is InChI=1S/C18H21NO4S/c1-13(20)23-15-6-10-17(11-7-15)24(21,22)16-8-4-14(5-9-16)12-18(2,3)19/h4-11H,12,19H2,1-3H3. The van der Waals surface area contributed by atoms with Gasteiger partial charge in [0.2, 0.25) is 9.84 Å². The molecule has 2 aromatic carbocycles. The molecule has 0 aliphatic rings. The molecule has 0 aromatic heterocycles. The number of rotatable bonds is 5. The van der Waals surface area contributed by atoms with Crippen molar-refractivity contribution in [2.24, 2.45) is 5.73 Å². The monoisotopic (exact) mass is 347 g/mol. The number of hydrogen-bond donors (Lipinski definition) is 1. The minimum absolute atomic E-state index is 0.144. The van der Waals surface area contributed by atoms with Crippen molar-refractivity contribution in [3.05, 3.63) is 54.1 Å². The molecule has 0 aliphatic carbocycles. The van der Waals surface area contributed by atoms with Crippen LogP contribution in [0.4, 0.5) is 0 Å². The van der Waals surface area contributed by atoms with Crippen molar-refractivity contribution in [1.82, 2.24) is 0 Å². The molecule has 0 spiro atoms. The zero-order valence-electron chi connectivity index (χ0n) is 13.9. The van der Waals surface area contributed by atoms with Crippen LogP contribution < -0.4 is 10.5 Å². The third-order valence-electron chi connectivity index (χ3n) is 3.29. The first-order chi connectivity index (χ1) is 11.1. The highest BCUT2D eigenvalue weighted by Gasteiger charge is 2.18. The lowest BCUT2D eigenvalue weighted by Crippen LogP contribution is -2.34. The smallest absolute Gasteiger partial charge is 0.308 e. The molecule has 0 amide bonds. The van der Waals surface area contributed by atoms with Crippen molar-refractivity contribution >= 4 is 15.8 Å². The molecule has 0 fully saturated rings. The predicted molar refractivity (Wildman–Crippen MR) is 91.6 cm³/mol. The molecule has 24 heavy (non-hydrogen) atoms. The van der Waals surface area contributed by atoms with Gasteiger partial charge in [-0.3, -0.25) is 4.79 Å². The van der Waals surface area contributed by atoms with E-state index < -0.39 is 15.8 Å². The molecule has 2 rings (SSSR count). The minimum Gasteiger partial charge on any atom is -0.427 e. The third-order valence-corrected chi connectivity index (χ3v) is 5.07. The maximum Gasteiger partial charge on any atom is 0.308 e. The Labute approximate surface area is 142 Å². The van der Waals surface area contributed by atoms with Crippen molar-refractivity contribution in [3.8, 4) is 5.75 Å². The van der Waals surface area contributed by atoms with E-state index in [1.165, 1.54) is 31.2 Å². The van der Waals surface area contributed by atoms with Crippen molar-refractivity contribution in [2.75, 3.05) is 0 Å². The summed E-state index contributed by atoms with van der Waals surface area (Å²) in [5.41, 5.74) is 6.60. The second kappa shape index (κ2) is 6.75. The molecule has 6 heteroatoms. The number of carbonyl (C=O) groups is 1. The number of carbonyl (C=O) groups excluding carboxylic acids is 1. The lowest BCUT2D eigenvalue weighted by Gasteiger charge is -2.18. The maximum absolute atomic E-state index is 12.6. The fourth-order valence-corrected chi connectivity index (χ4v) is 3.56. The first kappa shape index (κ1) is 18.2. The molecule has 2 N–H and O–H groups in total. The Bertz CT molecular complexity index is 817. The van der Waals surface area contributed by atoms with Gasteiger partial charge in [-0.1, -0.05) is 12.1 Å². The Morgan fingerprint density at radius 1 is 1.00 bits per heavy atom.